The van der Waals surface area contributed by atoms with Crippen molar-refractivity contribution < 1.29 is 14.3 Å². The summed E-state index contributed by atoms with van der Waals surface area (Å²) in [5, 5.41) is 3.21. The summed E-state index contributed by atoms with van der Waals surface area (Å²) >= 11 is 0. The molecule has 0 bridgehead atoms. The highest BCUT2D eigenvalue weighted by Gasteiger charge is 2.21. The second-order valence-corrected chi connectivity index (χ2v) is 3.89. The smallest absolute Gasteiger partial charge is 0.325 e. The van der Waals surface area contributed by atoms with E-state index in [2.05, 4.69) is 10.1 Å². The van der Waals surface area contributed by atoms with Crippen LogP contribution in [0.4, 0.5) is 0 Å². The van der Waals surface area contributed by atoms with Crippen molar-refractivity contribution in [3.05, 3.63) is 0 Å². The Morgan fingerprint density at radius 3 is 2.80 bits per heavy atom. The number of nitrogens with zero attached hydrogens (tertiary/aromatic N) is 1. The monoisotopic (exact) mass is 214 g/mol. The maximum Gasteiger partial charge on any atom is 0.325 e. The Morgan fingerprint density at radius 2 is 2.27 bits per heavy atom. The summed E-state index contributed by atoms with van der Waals surface area (Å²) < 4.78 is 4.50. The van der Waals surface area contributed by atoms with Gasteiger partial charge in [-0.05, 0) is 25.4 Å². The van der Waals surface area contributed by atoms with E-state index in [1.165, 1.54) is 12.0 Å². The third-order valence-electron chi connectivity index (χ3n) is 2.65. The number of likely N-dealkylation sites (N-methyl/N-ethyl adjacent to an activating group) is 1. The fourth-order valence-electron chi connectivity index (χ4n) is 1.64. The first-order valence-electron chi connectivity index (χ1n) is 5.15. The first-order chi connectivity index (χ1) is 7.13. The number of nitrogens with one attached hydrogen (secondary N) is 1. The van der Waals surface area contributed by atoms with Crippen molar-refractivity contribution in [2.75, 3.05) is 33.8 Å². The maximum atomic E-state index is 11.6. The third kappa shape index (κ3) is 3.87. The first kappa shape index (κ1) is 12.0. The van der Waals surface area contributed by atoms with Gasteiger partial charge in [-0.25, -0.2) is 0 Å². The molecule has 0 aromatic rings. The van der Waals surface area contributed by atoms with Crippen LogP contribution in [-0.4, -0.2) is 50.6 Å². The summed E-state index contributed by atoms with van der Waals surface area (Å²) in [7, 11) is 2.95. The molecule has 1 aliphatic heterocycles. The predicted molar refractivity (Wildman–Crippen MR) is 55.2 cm³/mol. The van der Waals surface area contributed by atoms with Gasteiger partial charge in [0.1, 0.15) is 6.54 Å². The number of carbonyl (C=O) groups is 2. The number of amides is 1. The van der Waals surface area contributed by atoms with Gasteiger partial charge in [-0.15, -0.1) is 0 Å². The van der Waals surface area contributed by atoms with E-state index < -0.39 is 0 Å². The van der Waals surface area contributed by atoms with Gasteiger partial charge >= 0.3 is 5.97 Å². The number of methoxy groups -OCH3 is 1. The van der Waals surface area contributed by atoms with Crippen LogP contribution in [-0.2, 0) is 14.3 Å². The average molecular weight is 214 g/mol. The number of hydrogen-bond donors (Lipinski definition) is 1. The quantitative estimate of drug-likeness (QED) is 0.648. The number of hydrogen-bond acceptors (Lipinski definition) is 4. The predicted octanol–water partition coefficient (Wildman–Crippen LogP) is -0.383. The Balaban J connectivity index is 2.28. The number of ether oxygens (including phenoxy) is 1. The molecule has 0 radical (unpaired) electrons. The molecule has 1 amide bonds. The van der Waals surface area contributed by atoms with Crippen molar-refractivity contribution in [2.45, 2.75) is 12.8 Å². The van der Waals surface area contributed by atoms with Gasteiger partial charge in [0.25, 0.3) is 0 Å². The largest absolute Gasteiger partial charge is 0.468 e. The van der Waals surface area contributed by atoms with Crippen LogP contribution >= 0.6 is 0 Å². The molecule has 1 heterocycles. The molecule has 1 atom stereocenters. The van der Waals surface area contributed by atoms with E-state index in [1.807, 2.05) is 0 Å². The standard InChI is InChI=1S/C10H18N2O3/c1-12(7-10(14)15-2)9(13)5-8-3-4-11-6-8/h8,11H,3-7H2,1-2H3. The van der Waals surface area contributed by atoms with Crippen LogP contribution in [0.15, 0.2) is 0 Å². The van der Waals surface area contributed by atoms with Crippen LogP contribution in [0.5, 0.6) is 0 Å². The highest BCUT2D eigenvalue weighted by Crippen LogP contribution is 2.13. The summed E-state index contributed by atoms with van der Waals surface area (Å²) in [5.74, 6) is 0.0436. The van der Waals surface area contributed by atoms with Crippen LogP contribution in [0.3, 0.4) is 0 Å². The van der Waals surface area contributed by atoms with Gasteiger partial charge in [-0.2, -0.15) is 0 Å². The molecule has 1 fully saturated rings. The van der Waals surface area contributed by atoms with Crippen molar-refractivity contribution in [3.8, 4) is 0 Å². The van der Waals surface area contributed by atoms with Gasteiger partial charge in [0.2, 0.25) is 5.91 Å². The van der Waals surface area contributed by atoms with Crippen LogP contribution in [0.25, 0.3) is 0 Å². The SMILES string of the molecule is COC(=O)CN(C)C(=O)CC1CCNC1. The molecule has 0 aromatic carbocycles. The molecule has 1 saturated heterocycles. The summed E-state index contributed by atoms with van der Waals surface area (Å²) in [4.78, 5) is 24.0. The second kappa shape index (κ2) is 5.70. The third-order valence-corrected chi connectivity index (χ3v) is 2.65. The average Bonchev–Trinajstić information content (AvgIpc) is 2.70. The van der Waals surface area contributed by atoms with Crippen LogP contribution < -0.4 is 5.32 Å². The Bertz CT molecular complexity index is 237. The molecule has 0 aliphatic carbocycles. The van der Waals surface area contributed by atoms with Crippen molar-refractivity contribution in [1.82, 2.24) is 10.2 Å². The molecule has 5 nitrogen and oxygen atoms in total. The Morgan fingerprint density at radius 1 is 1.53 bits per heavy atom. The normalized spacial score (nSPS) is 20.0. The lowest BCUT2D eigenvalue weighted by Gasteiger charge is -2.17. The fourth-order valence-corrected chi connectivity index (χ4v) is 1.64. The van der Waals surface area contributed by atoms with E-state index in [1.54, 1.807) is 7.05 Å². The molecule has 0 spiro atoms. The van der Waals surface area contributed by atoms with Gasteiger partial charge in [0.05, 0.1) is 7.11 Å². The van der Waals surface area contributed by atoms with E-state index in [0.717, 1.165) is 19.5 Å². The van der Waals surface area contributed by atoms with Crippen LogP contribution in [0.2, 0.25) is 0 Å². The van der Waals surface area contributed by atoms with Gasteiger partial charge in [-0.1, -0.05) is 0 Å². The zero-order valence-electron chi connectivity index (χ0n) is 9.28. The molecule has 1 unspecified atom stereocenters. The minimum absolute atomic E-state index is 0.00843. The molecule has 1 N–H and O–H groups in total. The lowest BCUT2D eigenvalue weighted by molar-refractivity contribution is -0.146. The van der Waals surface area contributed by atoms with E-state index >= 15 is 0 Å². The highest BCUT2D eigenvalue weighted by atomic mass is 16.5. The number of rotatable bonds is 4. The van der Waals surface area contributed by atoms with Crippen LogP contribution in [0, 0.1) is 5.92 Å². The first-order valence-corrected chi connectivity index (χ1v) is 5.15. The Labute approximate surface area is 89.8 Å². The molecule has 0 saturated carbocycles. The number of esters is 1. The van der Waals surface area contributed by atoms with Crippen molar-refractivity contribution >= 4 is 11.9 Å². The van der Waals surface area contributed by atoms with E-state index in [4.69, 9.17) is 0 Å². The summed E-state index contributed by atoms with van der Waals surface area (Å²) in [6, 6.07) is 0. The molecular formula is C10H18N2O3. The Kier molecular flexibility index (Phi) is 4.55. The molecule has 1 aliphatic rings. The summed E-state index contributed by atoms with van der Waals surface area (Å²) in [6.45, 7) is 1.92. The van der Waals surface area contributed by atoms with Gasteiger partial charge in [0, 0.05) is 13.5 Å². The Hall–Kier alpha value is -1.10. The lowest BCUT2D eigenvalue weighted by Crippen LogP contribution is -2.34. The summed E-state index contributed by atoms with van der Waals surface area (Å²) in [5.41, 5.74) is 0. The minimum atomic E-state index is -0.379. The van der Waals surface area contributed by atoms with E-state index in [9.17, 15) is 9.59 Å². The zero-order chi connectivity index (χ0) is 11.3. The lowest BCUT2D eigenvalue weighted by atomic mass is 10.0. The van der Waals surface area contributed by atoms with E-state index in [-0.39, 0.29) is 18.4 Å². The topological polar surface area (TPSA) is 58.6 Å². The van der Waals surface area contributed by atoms with Crippen LogP contribution in [0.1, 0.15) is 12.8 Å². The zero-order valence-corrected chi connectivity index (χ0v) is 9.28. The highest BCUT2D eigenvalue weighted by molar-refractivity contribution is 5.81. The molecule has 5 heteroatoms. The second-order valence-electron chi connectivity index (χ2n) is 3.89. The molecule has 86 valence electrons. The van der Waals surface area contributed by atoms with Gasteiger partial charge in [-0.3, -0.25) is 9.59 Å². The molecular weight excluding hydrogens is 196 g/mol. The van der Waals surface area contributed by atoms with Crippen molar-refractivity contribution in [3.63, 3.8) is 0 Å². The molecule has 1 rings (SSSR count). The van der Waals surface area contributed by atoms with Crippen molar-refractivity contribution in [1.29, 1.82) is 0 Å². The van der Waals surface area contributed by atoms with Gasteiger partial charge < -0.3 is 15.0 Å². The number of carbonyl (C=O) groups excluding carboxylic acids is 2. The molecule has 0 aromatic heterocycles. The van der Waals surface area contributed by atoms with Crippen molar-refractivity contribution in [2.24, 2.45) is 5.92 Å². The fraction of sp³-hybridized carbons (Fsp3) is 0.800. The maximum absolute atomic E-state index is 11.6. The molecule has 15 heavy (non-hydrogen) atoms. The minimum Gasteiger partial charge on any atom is -0.468 e. The van der Waals surface area contributed by atoms with Gasteiger partial charge in [0.15, 0.2) is 0 Å². The summed E-state index contributed by atoms with van der Waals surface area (Å²) in [6.07, 6.45) is 1.55. The van der Waals surface area contributed by atoms with E-state index in [0.29, 0.717) is 12.3 Å².